The van der Waals surface area contributed by atoms with E-state index in [1.807, 2.05) is 103 Å². The highest BCUT2D eigenvalue weighted by Crippen LogP contribution is 2.51. The van der Waals surface area contributed by atoms with Crippen molar-refractivity contribution in [2.24, 2.45) is 0 Å². The van der Waals surface area contributed by atoms with E-state index in [0.29, 0.717) is 11.5 Å². The van der Waals surface area contributed by atoms with Crippen molar-refractivity contribution in [1.29, 1.82) is 0 Å². The van der Waals surface area contributed by atoms with E-state index in [0.717, 1.165) is 34.0 Å². The lowest BCUT2D eigenvalue weighted by atomic mass is 10.1. The van der Waals surface area contributed by atoms with E-state index < -0.39 is 31.0 Å². The lowest BCUT2D eigenvalue weighted by Gasteiger charge is -2.27. The highest BCUT2D eigenvalue weighted by molar-refractivity contribution is 7.99. The summed E-state index contributed by atoms with van der Waals surface area (Å²) in [5, 5.41) is 11.9. The smallest absolute Gasteiger partial charge is 0.407 e. The number of amides is 1. The molecule has 0 aliphatic rings. The maximum Gasteiger partial charge on any atom is 0.407 e. The molecule has 2 N–H and O–H groups in total. The fourth-order valence-electron chi connectivity index (χ4n) is 4.44. The third-order valence-electron chi connectivity index (χ3n) is 6.97. The van der Waals surface area contributed by atoms with Crippen LogP contribution in [0.25, 0.3) is 0 Å². The molecule has 0 radical (unpaired) electrons. The second-order valence-electron chi connectivity index (χ2n) is 10.4. The van der Waals surface area contributed by atoms with Crippen molar-refractivity contribution in [1.82, 2.24) is 5.32 Å². The molecule has 0 aliphatic heterocycles. The Balaban J connectivity index is 1.51. The van der Waals surface area contributed by atoms with Gasteiger partial charge in [-0.05, 0) is 40.8 Å². The average Bonchev–Trinajstić information content (AvgIpc) is 3.09. The second-order valence-corrected chi connectivity index (χ2v) is 13.7. The molecule has 0 fully saturated rings. The fourth-order valence-corrected chi connectivity index (χ4v) is 7.20. The van der Waals surface area contributed by atoms with Gasteiger partial charge in [-0.3, -0.25) is 9.36 Å². The number of rotatable bonds is 18. The van der Waals surface area contributed by atoms with Crippen LogP contribution in [0.5, 0.6) is 5.75 Å². The number of nitrogens with one attached hydrogen (secondary N) is 1. The summed E-state index contributed by atoms with van der Waals surface area (Å²) < 4.78 is 36.6. The largest absolute Gasteiger partial charge is 0.497 e. The monoisotopic (exact) mass is 663 g/mol. The van der Waals surface area contributed by atoms with Gasteiger partial charge in [0.25, 0.3) is 0 Å². The van der Waals surface area contributed by atoms with Crippen LogP contribution in [-0.4, -0.2) is 41.7 Å². The number of methoxy groups -OCH3 is 1. The number of carbonyl (C=O) groups is 2. The zero-order valence-corrected chi connectivity index (χ0v) is 27.2. The maximum absolute atomic E-state index is 14.1. The van der Waals surface area contributed by atoms with Crippen LogP contribution in [0, 0.1) is 0 Å². The van der Waals surface area contributed by atoms with Crippen LogP contribution in [0.1, 0.15) is 28.7 Å². The van der Waals surface area contributed by atoms with E-state index in [2.05, 4.69) is 5.32 Å². The van der Waals surface area contributed by atoms with Crippen molar-refractivity contribution >= 4 is 31.4 Å². The number of hydrogen-bond acceptors (Lipinski definition) is 8. The molecule has 0 aliphatic carbocycles. The molecule has 1 amide bonds. The van der Waals surface area contributed by atoms with Crippen LogP contribution in [-0.2, 0) is 48.7 Å². The van der Waals surface area contributed by atoms with Gasteiger partial charge >= 0.3 is 19.7 Å². The lowest BCUT2D eigenvalue weighted by Crippen LogP contribution is -2.46. The Kier molecular flexibility index (Phi) is 13.7. The van der Waals surface area contributed by atoms with Crippen molar-refractivity contribution in [3.8, 4) is 5.75 Å². The molecular formula is C35H38NO8PS. The zero-order valence-electron chi connectivity index (χ0n) is 25.5. The first kappa shape index (κ1) is 34.8. The molecule has 2 atom stereocenters. The van der Waals surface area contributed by atoms with Gasteiger partial charge in [0.05, 0.1) is 32.5 Å². The van der Waals surface area contributed by atoms with Gasteiger partial charge in [-0.1, -0.05) is 103 Å². The Morgan fingerprint density at radius 2 is 1.24 bits per heavy atom. The third-order valence-corrected chi connectivity index (χ3v) is 10.2. The minimum atomic E-state index is -3.77. The summed E-state index contributed by atoms with van der Waals surface area (Å²) in [4.78, 5) is 25.6. The van der Waals surface area contributed by atoms with Gasteiger partial charge in [0.2, 0.25) is 0 Å². The minimum Gasteiger partial charge on any atom is -0.497 e. The molecule has 242 valence electrons. The molecular weight excluding hydrogens is 625 g/mol. The Hall–Kier alpha value is -4.08. The number of hydrogen-bond donors (Lipinski definition) is 2. The van der Waals surface area contributed by atoms with Gasteiger partial charge in [0.1, 0.15) is 17.6 Å². The molecule has 0 unspecified atom stereocenters. The summed E-state index contributed by atoms with van der Waals surface area (Å²) in [6.45, 7) is 0.0897. The number of thioether (sulfide) groups is 1. The normalized spacial score (nSPS) is 12.5. The summed E-state index contributed by atoms with van der Waals surface area (Å²) in [6, 6.07) is 34.1. The molecule has 0 heterocycles. The molecule has 0 saturated carbocycles. The molecule has 0 saturated heterocycles. The topological polar surface area (TPSA) is 120 Å². The van der Waals surface area contributed by atoms with Crippen LogP contribution in [0.15, 0.2) is 115 Å². The van der Waals surface area contributed by atoms with E-state index in [1.54, 1.807) is 19.2 Å². The quantitative estimate of drug-likeness (QED) is 0.103. The first-order valence-corrected chi connectivity index (χ1v) is 17.5. The van der Waals surface area contributed by atoms with Gasteiger partial charge in [0, 0.05) is 5.75 Å². The summed E-state index contributed by atoms with van der Waals surface area (Å²) in [5.41, 5.74) is 3.28. The van der Waals surface area contributed by atoms with Crippen LogP contribution < -0.4 is 10.1 Å². The molecule has 11 heteroatoms. The predicted molar refractivity (Wildman–Crippen MR) is 179 cm³/mol. The van der Waals surface area contributed by atoms with Gasteiger partial charge in [-0.15, -0.1) is 11.8 Å². The number of alkyl carbamates (subject to hydrolysis) is 1. The molecule has 0 spiro atoms. The van der Waals surface area contributed by atoms with Crippen molar-refractivity contribution in [3.05, 3.63) is 138 Å². The number of carboxylic acid groups (broad SMARTS) is 1. The third kappa shape index (κ3) is 11.7. The zero-order chi connectivity index (χ0) is 32.6. The molecule has 4 rings (SSSR count). The van der Waals surface area contributed by atoms with E-state index in [1.165, 1.54) is 0 Å². The molecule has 9 nitrogen and oxygen atoms in total. The minimum absolute atomic E-state index is 0.00608. The Morgan fingerprint density at radius 1 is 0.739 bits per heavy atom. The highest BCUT2D eigenvalue weighted by Gasteiger charge is 2.34. The summed E-state index contributed by atoms with van der Waals surface area (Å²) in [5.74, 6) is -0.0895. The first-order chi connectivity index (χ1) is 22.3. The standard InChI is InChI=1S/C35H38NO8PS/c1-41-31-19-17-30(18-20-31)26-46-33(34(37)38)32(36-35(39)42-23-27-11-5-2-6-12-27)21-22-45(40,43-24-28-13-7-3-8-14-28)44-25-29-15-9-4-10-16-29/h2-20,32-33H,21-26H2,1H3,(H,36,39)(H,37,38)/t32-,33-/m0/s1. The number of aliphatic carboxylic acids is 1. The SMILES string of the molecule is COc1ccc(CS[C@H](C(=O)O)[C@H](CCP(=O)(OCc2ccccc2)OCc2ccccc2)NC(=O)OCc2ccccc2)cc1. The fraction of sp³-hybridized carbons (Fsp3) is 0.257. The first-order valence-electron chi connectivity index (χ1n) is 14.7. The molecule has 4 aromatic carbocycles. The van der Waals surface area contributed by atoms with Gasteiger partial charge in [-0.25, -0.2) is 4.79 Å². The van der Waals surface area contributed by atoms with Crippen molar-refractivity contribution in [2.45, 2.75) is 43.3 Å². The molecule has 0 aromatic heterocycles. The Labute approximate surface area is 273 Å². The summed E-state index contributed by atoms with van der Waals surface area (Å²) in [7, 11) is -2.20. The lowest BCUT2D eigenvalue weighted by molar-refractivity contribution is -0.136. The van der Waals surface area contributed by atoms with E-state index in [4.69, 9.17) is 18.5 Å². The van der Waals surface area contributed by atoms with E-state index in [-0.39, 0.29) is 32.4 Å². The number of benzene rings is 4. The molecule has 0 bridgehead atoms. The highest BCUT2D eigenvalue weighted by atomic mass is 32.2. The van der Waals surface area contributed by atoms with Gasteiger partial charge in [-0.2, -0.15) is 0 Å². The number of ether oxygens (including phenoxy) is 2. The molecule has 4 aromatic rings. The van der Waals surface area contributed by atoms with Crippen LogP contribution in [0.3, 0.4) is 0 Å². The van der Waals surface area contributed by atoms with Gasteiger partial charge in [0.15, 0.2) is 0 Å². The summed E-state index contributed by atoms with van der Waals surface area (Å²) in [6.07, 6.45) is -0.924. The van der Waals surface area contributed by atoms with Crippen molar-refractivity contribution in [3.63, 3.8) is 0 Å². The van der Waals surface area contributed by atoms with Crippen LogP contribution >= 0.6 is 19.4 Å². The Bertz CT molecular complexity index is 1490. The van der Waals surface area contributed by atoms with Gasteiger partial charge < -0.3 is 28.9 Å². The maximum atomic E-state index is 14.1. The number of carbonyl (C=O) groups excluding carboxylic acids is 1. The number of carboxylic acids is 1. The molecule has 46 heavy (non-hydrogen) atoms. The Morgan fingerprint density at radius 3 is 1.72 bits per heavy atom. The van der Waals surface area contributed by atoms with E-state index in [9.17, 15) is 19.3 Å². The van der Waals surface area contributed by atoms with Crippen molar-refractivity contribution < 1.29 is 37.8 Å². The predicted octanol–water partition coefficient (Wildman–Crippen LogP) is 7.69. The average molecular weight is 664 g/mol. The summed E-state index contributed by atoms with van der Waals surface area (Å²) >= 11 is 1.15. The second kappa shape index (κ2) is 18.2. The van der Waals surface area contributed by atoms with Crippen LogP contribution in [0.4, 0.5) is 4.79 Å². The van der Waals surface area contributed by atoms with Crippen molar-refractivity contribution in [2.75, 3.05) is 13.3 Å². The van der Waals surface area contributed by atoms with Crippen LogP contribution in [0.2, 0.25) is 0 Å². The van der Waals surface area contributed by atoms with E-state index >= 15 is 0 Å².